The third-order valence-corrected chi connectivity index (χ3v) is 9.97. The quantitative estimate of drug-likeness (QED) is 0.0575. The van der Waals surface area contributed by atoms with Crippen LogP contribution in [0, 0.1) is 5.41 Å². The molecule has 0 aliphatic carbocycles. The maximum atomic E-state index is 11.2. The van der Waals surface area contributed by atoms with Crippen LogP contribution in [0.4, 0.5) is 0 Å². The Morgan fingerprint density at radius 3 is 2.64 bits per heavy atom. The van der Waals surface area contributed by atoms with Crippen LogP contribution >= 0.6 is 11.3 Å². The smallest absolute Gasteiger partial charge is 0.293 e. The summed E-state index contributed by atoms with van der Waals surface area (Å²) in [6.07, 6.45) is 8.49. The zero-order valence-corrected chi connectivity index (χ0v) is 30.0. The molecule has 4 aromatic rings. The summed E-state index contributed by atoms with van der Waals surface area (Å²) in [7, 11) is 4.24. The van der Waals surface area contributed by atoms with E-state index < -0.39 is 0 Å². The minimum absolute atomic E-state index is 0.241. The van der Waals surface area contributed by atoms with Crippen LogP contribution in [0.25, 0.3) is 33.4 Å². The average molecular weight is 661 g/mol. The Morgan fingerprint density at radius 1 is 1.13 bits per heavy atom. The van der Waals surface area contributed by atoms with E-state index in [2.05, 4.69) is 98.7 Å². The molecule has 0 aliphatic rings. The first kappa shape index (κ1) is 36.2. The van der Waals surface area contributed by atoms with E-state index in [1.54, 1.807) is 11.3 Å². The molecule has 0 aliphatic heterocycles. The lowest BCUT2D eigenvalue weighted by Crippen LogP contribution is -2.30. The molecule has 2 atom stereocenters. The van der Waals surface area contributed by atoms with E-state index >= 15 is 0 Å². The Kier molecular flexibility index (Phi) is 13.1. The van der Waals surface area contributed by atoms with Gasteiger partial charge in [-0.2, -0.15) is 0 Å². The molecule has 1 amide bonds. The standard InChI is InChI=1S/C37H52N6O3S/c1-8-26(3)34-28(14-13-18-38-34)35-30(21-37(4,5)23-46-25-45)29-20-27(16-17-32(29)43(35)9-2)31-22-47-36(41-31)33(42(6)7)15-11-10-12-19-39-40-24-44/h13-14,16-18,20,22,24-26,33,39H,8-12,15,19,21,23H2,1-7H3,(H,40,44). The number of hydrogen-bond donors (Lipinski definition) is 2. The van der Waals surface area contributed by atoms with E-state index in [1.165, 1.54) is 27.7 Å². The van der Waals surface area contributed by atoms with E-state index in [1.807, 2.05) is 12.3 Å². The van der Waals surface area contributed by atoms with E-state index in [0.29, 0.717) is 25.4 Å². The van der Waals surface area contributed by atoms with Crippen molar-refractivity contribution in [2.45, 2.75) is 91.6 Å². The summed E-state index contributed by atoms with van der Waals surface area (Å²) >= 11 is 1.72. The number of unbranched alkanes of at least 4 members (excludes halogenated alkanes) is 2. The summed E-state index contributed by atoms with van der Waals surface area (Å²) in [5, 5.41) is 4.51. The van der Waals surface area contributed by atoms with E-state index in [9.17, 15) is 9.59 Å². The van der Waals surface area contributed by atoms with Crippen LogP contribution in [0.2, 0.25) is 0 Å². The van der Waals surface area contributed by atoms with Gasteiger partial charge in [0.2, 0.25) is 6.41 Å². The van der Waals surface area contributed by atoms with Gasteiger partial charge in [0.15, 0.2) is 0 Å². The van der Waals surface area contributed by atoms with Crippen molar-refractivity contribution in [1.82, 2.24) is 30.3 Å². The highest BCUT2D eigenvalue weighted by Crippen LogP contribution is 2.42. The predicted molar refractivity (Wildman–Crippen MR) is 192 cm³/mol. The van der Waals surface area contributed by atoms with Crippen molar-refractivity contribution in [3.63, 3.8) is 0 Å². The molecule has 1 aromatic carbocycles. The van der Waals surface area contributed by atoms with E-state index in [-0.39, 0.29) is 11.5 Å². The fraction of sp³-hybridized carbons (Fsp3) is 0.514. The first-order valence-electron chi connectivity index (χ1n) is 16.9. The van der Waals surface area contributed by atoms with Gasteiger partial charge in [-0.3, -0.25) is 20.0 Å². The molecule has 4 rings (SSSR count). The number of carbonyl (C=O) groups is 2. The SMILES string of the molecule is CCC(C)c1ncccc1-c1c(CC(C)(C)COC=O)c2cc(-c3csc(C(CCCCCNNC=O)N(C)C)n3)ccc2n1CC. The number of fused-ring (bicyclic) bond motifs is 1. The maximum Gasteiger partial charge on any atom is 0.293 e. The summed E-state index contributed by atoms with van der Waals surface area (Å²) in [6, 6.07) is 11.2. The van der Waals surface area contributed by atoms with Crippen LogP contribution in [0.3, 0.4) is 0 Å². The van der Waals surface area contributed by atoms with E-state index in [4.69, 9.17) is 14.7 Å². The van der Waals surface area contributed by atoms with Gasteiger partial charge >= 0.3 is 0 Å². The molecule has 0 saturated carbocycles. The number of aryl methyl sites for hydroxylation is 1. The van der Waals surface area contributed by atoms with Gasteiger partial charge in [0.05, 0.1) is 29.7 Å². The number of rotatable bonds is 20. The highest BCUT2D eigenvalue weighted by atomic mass is 32.1. The lowest BCUT2D eigenvalue weighted by Gasteiger charge is -2.25. The third kappa shape index (κ3) is 8.86. The van der Waals surface area contributed by atoms with Gasteiger partial charge in [-0.05, 0) is 82.4 Å². The monoisotopic (exact) mass is 660 g/mol. The molecule has 0 spiro atoms. The van der Waals surface area contributed by atoms with Crippen molar-refractivity contribution < 1.29 is 14.3 Å². The minimum Gasteiger partial charge on any atom is -0.467 e. The number of carbonyl (C=O) groups excluding carboxylic acids is 2. The molecule has 47 heavy (non-hydrogen) atoms. The van der Waals surface area contributed by atoms with Crippen molar-refractivity contribution in [3.8, 4) is 22.5 Å². The lowest BCUT2D eigenvalue weighted by atomic mass is 9.84. The molecule has 0 saturated heterocycles. The van der Waals surface area contributed by atoms with Crippen LogP contribution in [-0.4, -0.2) is 59.6 Å². The van der Waals surface area contributed by atoms with Crippen LogP contribution in [0.5, 0.6) is 0 Å². The predicted octanol–water partition coefficient (Wildman–Crippen LogP) is 7.52. The Bertz CT molecular complexity index is 1610. The highest BCUT2D eigenvalue weighted by molar-refractivity contribution is 7.10. The molecule has 0 fully saturated rings. The highest BCUT2D eigenvalue weighted by Gasteiger charge is 2.28. The summed E-state index contributed by atoms with van der Waals surface area (Å²) in [4.78, 5) is 33.9. The van der Waals surface area contributed by atoms with Crippen LogP contribution < -0.4 is 10.9 Å². The lowest BCUT2D eigenvalue weighted by molar-refractivity contribution is -0.131. The molecule has 10 heteroatoms. The number of nitrogens with one attached hydrogen (secondary N) is 2. The second-order valence-corrected chi connectivity index (χ2v) is 14.3. The van der Waals surface area contributed by atoms with Crippen molar-refractivity contribution in [3.05, 3.63) is 58.2 Å². The van der Waals surface area contributed by atoms with Crippen molar-refractivity contribution >= 4 is 35.1 Å². The van der Waals surface area contributed by atoms with Crippen LogP contribution in [0.1, 0.15) is 94.9 Å². The van der Waals surface area contributed by atoms with Gasteiger partial charge in [-0.25, -0.2) is 10.4 Å². The number of nitrogens with zero attached hydrogens (tertiary/aromatic N) is 4. The first-order valence-corrected chi connectivity index (χ1v) is 17.7. The molecule has 2 N–H and O–H groups in total. The minimum atomic E-state index is -0.273. The number of ether oxygens (including phenoxy) is 1. The average Bonchev–Trinajstić information content (AvgIpc) is 3.67. The second-order valence-electron chi connectivity index (χ2n) is 13.4. The summed E-state index contributed by atoms with van der Waals surface area (Å²) in [5.74, 6) is 0.318. The van der Waals surface area contributed by atoms with Gasteiger partial charge in [0, 0.05) is 52.1 Å². The largest absolute Gasteiger partial charge is 0.467 e. The topological polar surface area (TPSA) is 101 Å². The number of amides is 1. The number of thiazole rings is 1. The number of pyridine rings is 1. The van der Waals surface area contributed by atoms with Gasteiger partial charge in [0.1, 0.15) is 5.01 Å². The summed E-state index contributed by atoms with van der Waals surface area (Å²) < 4.78 is 7.73. The summed E-state index contributed by atoms with van der Waals surface area (Å²) in [6.45, 7) is 13.4. The molecule has 3 heterocycles. The normalized spacial score (nSPS) is 13.2. The Hall–Kier alpha value is -3.60. The fourth-order valence-electron chi connectivity index (χ4n) is 6.41. The number of hydrazine groups is 1. The molecule has 0 radical (unpaired) electrons. The molecular formula is C37H52N6O3S. The number of aromatic nitrogens is 3. The van der Waals surface area contributed by atoms with Crippen LogP contribution in [-0.2, 0) is 27.3 Å². The zero-order chi connectivity index (χ0) is 34.0. The fourth-order valence-corrected chi connectivity index (χ4v) is 7.47. The van der Waals surface area contributed by atoms with Gasteiger partial charge in [-0.15, -0.1) is 11.3 Å². The Balaban J connectivity index is 1.75. The van der Waals surface area contributed by atoms with Gasteiger partial charge in [-0.1, -0.05) is 46.6 Å². The molecule has 3 aromatic heterocycles. The number of benzene rings is 1. The van der Waals surface area contributed by atoms with E-state index in [0.717, 1.165) is 73.6 Å². The van der Waals surface area contributed by atoms with Crippen molar-refractivity contribution in [2.75, 3.05) is 27.2 Å². The van der Waals surface area contributed by atoms with Crippen molar-refractivity contribution in [2.24, 2.45) is 5.41 Å². The molecule has 2 unspecified atom stereocenters. The Labute approximate surface area is 284 Å². The molecular weight excluding hydrogens is 609 g/mol. The molecule has 254 valence electrons. The first-order chi connectivity index (χ1) is 22.6. The molecule has 9 nitrogen and oxygen atoms in total. The van der Waals surface area contributed by atoms with Crippen LogP contribution in [0.15, 0.2) is 41.9 Å². The third-order valence-electron chi connectivity index (χ3n) is 9.02. The van der Waals surface area contributed by atoms with Crippen molar-refractivity contribution in [1.29, 1.82) is 0 Å². The second kappa shape index (κ2) is 17.0. The van der Waals surface area contributed by atoms with Gasteiger partial charge < -0.3 is 14.2 Å². The van der Waals surface area contributed by atoms with Gasteiger partial charge in [0.25, 0.3) is 6.47 Å². The Morgan fingerprint density at radius 2 is 1.94 bits per heavy atom. The number of hydrogen-bond acceptors (Lipinski definition) is 8. The zero-order valence-electron chi connectivity index (χ0n) is 29.1. The summed E-state index contributed by atoms with van der Waals surface area (Å²) in [5.41, 5.74) is 13.1. The molecule has 0 bridgehead atoms. The maximum absolute atomic E-state index is 11.2.